The Morgan fingerprint density at radius 1 is 1.09 bits per heavy atom. The van der Waals surface area contributed by atoms with E-state index in [0.717, 1.165) is 25.2 Å². The first-order valence-electron chi connectivity index (χ1n) is 9.07. The monoisotopic (exact) mass is 303 g/mol. The first-order chi connectivity index (χ1) is 10.6. The SMILES string of the molecule is CCC(C)(C)c1cccc(OCCCCN2CCCCC2)c1. The molecule has 1 aromatic rings. The second-order valence-electron chi connectivity index (χ2n) is 7.22. The normalized spacial score (nSPS) is 16.7. The Morgan fingerprint density at radius 3 is 2.59 bits per heavy atom. The quantitative estimate of drug-likeness (QED) is 0.625. The van der Waals surface area contributed by atoms with Crippen molar-refractivity contribution in [3.63, 3.8) is 0 Å². The molecule has 0 aliphatic carbocycles. The highest BCUT2D eigenvalue weighted by Gasteiger charge is 2.18. The van der Waals surface area contributed by atoms with Crippen molar-refractivity contribution in [3.8, 4) is 5.75 Å². The van der Waals surface area contributed by atoms with Gasteiger partial charge in [0, 0.05) is 0 Å². The van der Waals surface area contributed by atoms with Gasteiger partial charge in [-0.05, 0) is 74.8 Å². The summed E-state index contributed by atoms with van der Waals surface area (Å²) in [5.74, 6) is 1.02. The lowest BCUT2D eigenvalue weighted by atomic mass is 9.82. The van der Waals surface area contributed by atoms with Crippen molar-refractivity contribution in [1.82, 2.24) is 4.90 Å². The molecular weight excluding hydrogens is 270 g/mol. The number of benzene rings is 1. The van der Waals surface area contributed by atoms with Gasteiger partial charge in [-0.15, -0.1) is 0 Å². The second-order valence-corrected chi connectivity index (χ2v) is 7.22. The zero-order valence-corrected chi connectivity index (χ0v) is 14.7. The summed E-state index contributed by atoms with van der Waals surface area (Å²) in [4.78, 5) is 2.61. The number of unbranched alkanes of at least 4 members (excludes halogenated alkanes) is 1. The fourth-order valence-electron chi connectivity index (χ4n) is 3.02. The lowest BCUT2D eigenvalue weighted by Crippen LogP contribution is -2.30. The number of ether oxygens (including phenoxy) is 1. The van der Waals surface area contributed by atoms with E-state index in [-0.39, 0.29) is 5.41 Å². The maximum atomic E-state index is 5.96. The minimum Gasteiger partial charge on any atom is -0.494 e. The van der Waals surface area contributed by atoms with Gasteiger partial charge in [-0.25, -0.2) is 0 Å². The molecule has 1 saturated heterocycles. The van der Waals surface area contributed by atoms with Crippen molar-refractivity contribution in [2.75, 3.05) is 26.2 Å². The van der Waals surface area contributed by atoms with E-state index in [4.69, 9.17) is 4.74 Å². The van der Waals surface area contributed by atoms with E-state index in [9.17, 15) is 0 Å². The molecular formula is C20H33NO. The molecule has 0 aromatic heterocycles. The van der Waals surface area contributed by atoms with Gasteiger partial charge in [0.1, 0.15) is 5.75 Å². The first-order valence-corrected chi connectivity index (χ1v) is 9.07. The summed E-state index contributed by atoms with van der Waals surface area (Å²) in [6.07, 6.45) is 7.74. The third-order valence-corrected chi connectivity index (χ3v) is 5.09. The van der Waals surface area contributed by atoms with Crippen LogP contribution in [0.5, 0.6) is 5.75 Å². The highest BCUT2D eigenvalue weighted by atomic mass is 16.5. The minimum absolute atomic E-state index is 0.230. The van der Waals surface area contributed by atoms with Crippen LogP contribution >= 0.6 is 0 Å². The predicted octanol–water partition coefficient (Wildman–Crippen LogP) is 5.02. The molecule has 0 unspecified atom stereocenters. The smallest absolute Gasteiger partial charge is 0.119 e. The van der Waals surface area contributed by atoms with Gasteiger partial charge in [0.15, 0.2) is 0 Å². The van der Waals surface area contributed by atoms with E-state index in [0.29, 0.717) is 0 Å². The standard InChI is InChI=1S/C20H33NO/c1-4-20(2,3)18-11-10-12-19(17-18)22-16-9-8-15-21-13-6-5-7-14-21/h10-12,17H,4-9,13-16H2,1-3H3. The summed E-state index contributed by atoms with van der Waals surface area (Å²) in [7, 11) is 0. The third kappa shape index (κ3) is 5.31. The van der Waals surface area contributed by atoms with Gasteiger partial charge in [-0.1, -0.05) is 39.3 Å². The lowest BCUT2D eigenvalue weighted by Gasteiger charge is -2.26. The van der Waals surface area contributed by atoms with Gasteiger partial charge in [0.2, 0.25) is 0 Å². The van der Waals surface area contributed by atoms with Crippen molar-refractivity contribution in [2.24, 2.45) is 0 Å². The van der Waals surface area contributed by atoms with Gasteiger partial charge in [0.25, 0.3) is 0 Å². The summed E-state index contributed by atoms with van der Waals surface area (Å²) >= 11 is 0. The van der Waals surface area contributed by atoms with E-state index >= 15 is 0 Å². The molecule has 22 heavy (non-hydrogen) atoms. The lowest BCUT2D eigenvalue weighted by molar-refractivity contribution is 0.216. The zero-order chi connectivity index (χ0) is 15.8. The van der Waals surface area contributed by atoms with Crippen molar-refractivity contribution in [3.05, 3.63) is 29.8 Å². The number of likely N-dealkylation sites (tertiary alicyclic amines) is 1. The summed E-state index contributed by atoms with van der Waals surface area (Å²) in [6, 6.07) is 8.64. The molecule has 2 rings (SSSR count). The van der Waals surface area contributed by atoms with Crippen LogP contribution in [0, 0.1) is 0 Å². The van der Waals surface area contributed by atoms with E-state index in [1.54, 1.807) is 0 Å². The van der Waals surface area contributed by atoms with Crippen molar-refractivity contribution in [2.45, 2.75) is 64.7 Å². The van der Waals surface area contributed by atoms with E-state index in [1.165, 1.54) is 50.9 Å². The molecule has 1 aromatic carbocycles. The summed E-state index contributed by atoms with van der Waals surface area (Å²) in [5, 5.41) is 0. The van der Waals surface area contributed by atoms with Gasteiger partial charge >= 0.3 is 0 Å². The molecule has 1 aliphatic rings. The van der Waals surface area contributed by atoms with Crippen LogP contribution in [0.15, 0.2) is 24.3 Å². The molecule has 2 nitrogen and oxygen atoms in total. The fourth-order valence-corrected chi connectivity index (χ4v) is 3.02. The average molecular weight is 303 g/mol. The van der Waals surface area contributed by atoms with Gasteiger partial charge < -0.3 is 9.64 Å². The average Bonchev–Trinajstić information content (AvgIpc) is 2.56. The molecule has 124 valence electrons. The Labute approximate surface area is 136 Å². The number of hydrogen-bond acceptors (Lipinski definition) is 2. The molecule has 1 heterocycles. The van der Waals surface area contributed by atoms with Crippen molar-refractivity contribution in [1.29, 1.82) is 0 Å². The molecule has 0 N–H and O–H groups in total. The van der Waals surface area contributed by atoms with Gasteiger partial charge in [0.05, 0.1) is 6.61 Å². The van der Waals surface area contributed by atoms with Crippen LogP contribution in [0.4, 0.5) is 0 Å². The second kappa shape index (κ2) is 8.57. The maximum absolute atomic E-state index is 5.96. The largest absolute Gasteiger partial charge is 0.494 e. The number of nitrogens with zero attached hydrogens (tertiary/aromatic N) is 1. The molecule has 0 saturated carbocycles. The maximum Gasteiger partial charge on any atom is 0.119 e. The Hall–Kier alpha value is -1.02. The topological polar surface area (TPSA) is 12.5 Å². The number of hydrogen-bond donors (Lipinski definition) is 0. The molecule has 0 amide bonds. The molecule has 1 aliphatic heterocycles. The van der Waals surface area contributed by atoms with E-state index in [2.05, 4.69) is 49.9 Å². The number of rotatable bonds is 8. The van der Waals surface area contributed by atoms with Crippen LogP contribution < -0.4 is 4.74 Å². The van der Waals surface area contributed by atoms with Crippen LogP contribution in [-0.2, 0) is 5.41 Å². The van der Waals surface area contributed by atoms with E-state index in [1.807, 2.05) is 0 Å². The van der Waals surface area contributed by atoms with E-state index < -0.39 is 0 Å². The summed E-state index contributed by atoms with van der Waals surface area (Å²) < 4.78 is 5.96. The Kier molecular flexibility index (Phi) is 6.75. The van der Waals surface area contributed by atoms with Crippen LogP contribution in [0.25, 0.3) is 0 Å². The highest BCUT2D eigenvalue weighted by molar-refractivity contribution is 5.32. The van der Waals surface area contributed by atoms with Crippen molar-refractivity contribution >= 4 is 0 Å². The molecule has 0 radical (unpaired) electrons. The molecule has 1 fully saturated rings. The Bertz CT molecular complexity index is 435. The molecule has 0 spiro atoms. The Morgan fingerprint density at radius 2 is 1.86 bits per heavy atom. The van der Waals surface area contributed by atoms with Gasteiger partial charge in [-0.2, -0.15) is 0 Å². The number of piperidine rings is 1. The minimum atomic E-state index is 0.230. The molecule has 0 bridgehead atoms. The Balaban J connectivity index is 1.69. The summed E-state index contributed by atoms with van der Waals surface area (Å²) in [5.41, 5.74) is 1.61. The highest BCUT2D eigenvalue weighted by Crippen LogP contribution is 2.29. The molecule has 0 atom stereocenters. The van der Waals surface area contributed by atoms with Crippen LogP contribution in [-0.4, -0.2) is 31.1 Å². The fraction of sp³-hybridized carbons (Fsp3) is 0.700. The van der Waals surface area contributed by atoms with Crippen molar-refractivity contribution < 1.29 is 4.74 Å². The van der Waals surface area contributed by atoms with Gasteiger partial charge in [-0.3, -0.25) is 0 Å². The van der Waals surface area contributed by atoms with Crippen LogP contribution in [0.2, 0.25) is 0 Å². The summed E-state index contributed by atoms with van der Waals surface area (Å²) in [6.45, 7) is 11.5. The zero-order valence-electron chi connectivity index (χ0n) is 14.7. The third-order valence-electron chi connectivity index (χ3n) is 5.09. The molecule has 2 heteroatoms. The van der Waals surface area contributed by atoms with Crippen LogP contribution in [0.1, 0.15) is 64.9 Å². The first kappa shape index (κ1) is 17.3. The van der Waals surface area contributed by atoms with Crippen LogP contribution in [0.3, 0.4) is 0 Å². The predicted molar refractivity (Wildman–Crippen MR) is 94.8 cm³/mol.